The van der Waals surface area contributed by atoms with Crippen molar-refractivity contribution in [3.8, 4) is 0 Å². The van der Waals surface area contributed by atoms with Gasteiger partial charge < -0.3 is 4.42 Å². The van der Waals surface area contributed by atoms with Gasteiger partial charge in [0.15, 0.2) is 0 Å². The van der Waals surface area contributed by atoms with Gasteiger partial charge in [-0.3, -0.25) is 0 Å². The minimum Gasteiger partial charge on any atom is -0.425 e. The Kier molecular flexibility index (Phi) is 5.31. The Morgan fingerprint density at radius 2 is 1.70 bits per heavy atom. The van der Waals surface area contributed by atoms with Gasteiger partial charge >= 0.3 is 6.18 Å². The predicted molar refractivity (Wildman–Crippen MR) is 90.6 cm³/mol. The summed E-state index contributed by atoms with van der Waals surface area (Å²) in [5.74, 6) is 1.14. The number of rotatable bonds is 4. The predicted octanol–water partition coefficient (Wildman–Crippen LogP) is 3.78. The average molecular weight is 403 g/mol. The first-order valence-electron chi connectivity index (χ1n) is 8.59. The van der Waals surface area contributed by atoms with Crippen LogP contribution < -0.4 is 0 Å². The van der Waals surface area contributed by atoms with Gasteiger partial charge in [0.05, 0.1) is 10.5 Å². The number of piperidine rings is 1. The third kappa shape index (κ3) is 4.16. The van der Waals surface area contributed by atoms with E-state index in [0.29, 0.717) is 24.6 Å². The molecule has 0 spiro atoms. The molecule has 27 heavy (non-hydrogen) atoms. The summed E-state index contributed by atoms with van der Waals surface area (Å²) in [6.07, 6.45) is -3.47. The van der Waals surface area contributed by atoms with Gasteiger partial charge in [0.2, 0.25) is 21.8 Å². The molecule has 1 aromatic heterocycles. The maximum Gasteiger partial charge on any atom is 0.416 e. The van der Waals surface area contributed by atoms with E-state index in [1.165, 1.54) is 4.31 Å². The van der Waals surface area contributed by atoms with Crippen LogP contribution in [0.1, 0.15) is 55.9 Å². The van der Waals surface area contributed by atoms with E-state index in [9.17, 15) is 21.6 Å². The zero-order valence-corrected chi connectivity index (χ0v) is 15.7. The third-order valence-electron chi connectivity index (χ3n) is 4.57. The maximum atomic E-state index is 12.7. The van der Waals surface area contributed by atoms with Crippen LogP contribution in [0.2, 0.25) is 0 Å². The summed E-state index contributed by atoms with van der Waals surface area (Å²) in [7, 11) is -3.84. The zero-order valence-electron chi connectivity index (χ0n) is 14.9. The second-order valence-electron chi connectivity index (χ2n) is 6.83. The van der Waals surface area contributed by atoms with E-state index in [0.717, 1.165) is 24.3 Å². The summed E-state index contributed by atoms with van der Waals surface area (Å²) in [5, 5.41) is 8.04. The van der Waals surface area contributed by atoms with E-state index >= 15 is 0 Å². The molecule has 6 nitrogen and oxygen atoms in total. The summed E-state index contributed by atoms with van der Waals surface area (Å²) in [6, 6.07) is 3.56. The number of benzene rings is 1. The van der Waals surface area contributed by atoms with Crippen molar-refractivity contribution in [2.75, 3.05) is 13.1 Å². The summed E-state index contributed by atoms with van der Waals surface area (Å²) < 4.78 is 70.2. The number of halogens is 3. The first-order chi connectivity index (χ1) is 12.6. The quantitative estimate of drug-likeness (QED) is 0.777. The van der Waals surface area contributed by atoms with Crippen molar-refractivity contribution < 1.29 is 26.0 Å². The molecule has 1 saturated heterocycles. The van der Waals surface area contributed by atoms with Crippen molar-refractivity contribution in [2.45, 2.75) is 49.6 Å². The Balaban J connectivity index is 1.69. The molecule has 0 amide bonds. The summed E-state index contributed by atoms with van der Waals surface area (Å²) >= 11 is 0. The second-order valence-corrected chi connectivity index (χ2v) is 8.77. The molecule has 1 aliphatic rings. The Hall–Kier alpha value is -1.94. The molecule has 10 heteroatoms. The zero-order chi connectivity index (χ0) is 19.8. The third-order valence-corrected chi connectivity index (χ3v) is 6.49. The van der Waals surface area contributed by atoms with Crippen molar-refractivity contribution in [2.24, 2.45) is 0 Å². The molecule has 148 valence electrons. The highest BCUT2D eigenvalue weighted by Crippen LogP contribution is 2.33. The number of hydrogen-bond acceptors (Lipinski definition) is 5. The fourth-order valence-electron chi connectivity index (χ4n) is 2.95. The van der Waals surface area contributed by atoms with E-state index in [2.05, 4.69) is 10.2 Å². The SMILES string of the molecule is CC(C)c1nnc(C2CCN(S(=O)(=O)c3ccc(C(F)(F)F)cc3)CC2)o1. The second kappa shape index (κ2) is 7.23. The highest BCUT2D eigenvalue weighted by Gasteiger charge is 2.34. The monoisotopic (exact) mass is 403 g/mol. The van der Waals surface area contributed by atoms with Gasteiger partial charge in [-0.2, -0.15) is 17.5 Å². The van der Waals surface area contributed by atoms with E-state index < -0.39 is 21.8 Å². The molecule has 1 fully saturated rings. The van der Waals surface area contributed by atoms with Crippen LogP contribution in [0, 0.1) is 0 Å². The molecule has 1 aromatic carbocycles. The fourth-order valence-corrected chi connectivity index (χ4v) is 4.42. The van der Waals surface area contributed by atoms with Crippen LogP contribution in [0.3, 0.4) is 0 Å². The number of hydrogen-bond donors (Lipinski definition) is 0. The molecule has 0 unspecified atom stereocenters. The number of nitrogens with zero attached hydrogens (tertiary/aromatic N) is 3. The van der Waals surface area contributed by atoms with Crippen molar-refractivity contribution >= 4 is 10.0 Å². The molecule has 0 radical (unpaired) electrons. The molecule has 2 aromatic rings. The molecule has 2 heterocycles. The molecule has 0 saturated carbocycles. The van der Waals surface area contributed by atoms with Crippen molar-refractivity contribution in [1.29, 1.82) is 0 Å². The molecular weight excluding hydrogens is 383 g/mol. The molecular formula is C17H20F3N3O3S. The lowest BCUT2D eigenvalue weighted by molar-refractivity contribution is -0.137. The normalized spacial score (nSPS) is 17.6. The maximum absolute atomic E-state index is 12.7. The van der Waals surface area contributed by atoms with Gasteiger partial charge in [-0.05, 0) is 37.1 Å². The van der Waals surface area contributed by atoms with Gasteiger partial charge in [0.25, 0.3) is 0 Å². The first kappa shape index (κ1) is 19.8. The van der Waals surface area contributed by atoms with E-state index in [4.69, 9.17) is 4.42 Å². The minimum absolute atomic E-state index is 0.0240. The average Bonchev–Trinajstić information content (AvgIpc) is 3.12. The summed E-state index contributed by atoms with van der Waals surface area (Å²) in [4.78, 5) is -0.145. The van der Waals surface area contributed by atoms with Crippen LogP contribution in [0.5, 0.6) is 0 Å². The Labute approximate surface area is 155 Å². The first-order valence-corrected chi connectivity index (χ1v) is 10.0. The van der Waals surface area contributed by atoms with Crippen molar-refractivity contribution in [3.63, 3.8) is 0 Å². The molecule has 1 aliphatic heterocycles. The molecule has 3 rings (SSSR count). The van der Waals surface area contributed by atoms with Crippen molar-refractivity contribution in [1.82, 2.24) is 14.5 Å². The summed E-state index contributed by atoms with van der Waals surface area (Å²) in [6.45, 7) is 4.37. The van der Waals surface area contributed by atoms with Gasteiger partial charge in [-0.1, -0.05) is 13.8 Å². The molecule has 0 atom stereocenters. The van der Waals surface area contributed by atoms with Crippen LogP contribution >= 0.6 is 0 Å². The van der Waals surface area contributed by atoms with Gasteiger partial charge in [-0.15, -0.1) is 10.2 Å². The largest absolute Gasteiger partial charge is 0.425 e. The van der Waals surface area contributed by atoms with Crippen molar-refractivity contribution in [3.05, 3.63) is 41.6 Å². The Bertz CT molecular complexity index is 884. The lowest BCUT2D eigenvalue weighted by atomic mass is 9.98. The topological polar surface area (TPSA) is 76.3 Å². The Morgan fingerprint density at radius 1 is 1.11 bits per heavy atom. The standard InChI is InChI=1S/C17H20F3N3O3S/c1-11(2)15-21-22-16(26-15)12-7-9-23(10-8-12)27(24,25)14-5-3-13(4-6-14)17(18,19)20/h3-6,11-12H,7-10H2,1-2H3. The lowest BCUT2D eigenvalue weighted by Crippen LogP contribution is -2.38. The highest BCUT2D eigenvalue weighted by atomic mass is 32.2. The van der Waals surface area contributed by atoms with Crippen LogP contribution in [0.25, 0.3) is 0 Å². The molecule has 0 aliphatic carbocycles. The number of aromatic nitrogens is 2. The molecule has 0 N–H and O–H groups in total. The van der Waals surface area contributed by atoms with Gasteiger partial charge in [-0.25, -0.2) is 8.42 Å². The Morgan fingerprint density at radius 3 is 2.19 bits per heavy atom. The van der Waals surface area contributed by atoms with E-state index in [1.54, 1.807) is 0 Å². The van der Waals surface area contributed by atoms with Crippen LogP contribution in [0.15, 0.2) is 33.6 Å². The van der Waals surface area contributed by atoms with Crippen LogP contribution in [-0.4, -0.2) is 36.0 Å². The highest BCUT2D eigenvalue weighted by molar-refractivity contribution is 7.89. The number of sulfonamides is 1. The van der Waals surface area contributed by atoms with Gasteiger partial charge in [0, 0.05) is 24.9 Å². The summed E-state index contributed by atoms with van der Waals surface area (Å²) in [5.41, 5.74) is -0.877. The van der Waals surface area contributed by atoms with E-state index in [-0.39, 0.29) is 29.8 Å². The number of alkyl halides is 3. The van der Waals surface area contributed by atoms with Crippen LogP contribution in [0.4, 0.5) is 13.2 Å². The molecule has 0 bridgehead atoms. The van der Waals surface area contributed by atoms with Gasteiger partial charge in [0.1, 0.15) is 0 Å². The fraction of sp³-hybridized carbons (Fsp3) is 0.529. The van der Waals surface area contributed by atoms with E-state index in [1.807, 2.05) is 13.8 Å². The smallest absolute Gasteiger partial charge is 0.416 e. The van der Waals surface area contributed by atoms with Crippen LogP contribution in [-0.2, 0) is 16.2 Å². The lowest BCUT2D eigenvalue weighted by Gasteiger charge is -2.29. The minimum atomic E-state index is -4.50.